The Kier molecular flexibility index (Phi) is 3.65. The molecule has 0 aliphatic carbocycles. The van der Waals surface area contributed by atoms with Gasteiger partial charge in [-0.15, -0.1) is 0 Å². The van der Waals surface area contributed by atoms with Crippen LogP contribution < -0.4 is 16.4 Å². The van der Waals surface area contributed by atoms with Crippen LogP contribution in [0, 0.1) is 0 Å². The molecule has 1 saturated heterocycles. The van der Waals surface area contributed by atoms with Gasteiger partial charge < -0.3 is 16.4 Å². The third-order valence-electron chi connectivity index (χ3n) is 2.38. The molecule has 1 heterocycles. The molecule has 1 aliphatic heterocycles. The van der Waals surface area contributed by atoms with Crippen molar-refractivity contribution in [3.05, 3.63) is 0 Å². The number of hydrogen-bond acceptors (Lipinski definition) is 3. The molecule has 4 N–H and O–H groups in total. The first kappa shape index (κ1) is 11.5. The van der Waals surface area contributed by atoms with E-state index in [1.807, 2.05) is 0 Å². The summed E-state index contributed by atoms with van der Waals surface area (Å²) in [6, 6.07) is -1.18. The normalized spacial score (nSPS) is 21.9. The Morgan fingerprint density at radius 1 is 1.67 bits per heavy atom. The minimum absolute atomic E-state index is 0.137. The first-order valence-corrected chi connectivity index (χ1v) is 4.93. The molecule has 1 fully saturated rings. The lowest BCUT2D eigenvalue weighted by molar-refractivity contribution is -0.129. The lowest BCUT2D eigenvalue weighted by Gasteiger charge is -2.16. The maximum atomic E-state index is 11.5. The Bertz CT molecular complexity index is 290. The fraction of sp³-hybridized carbons (Fsp3) is 0.667. The second kappa shape index (κ2) is 4.77. The van der Waals surface area contributed by atoms with Crippen molar-refractivity contribution in [3.8, 4) is 0 Å². The fourth-order valence-electron chi connectivity index (χ4n) is 1.46. The van der Waals surface area contributed by atoms with Gasteiger partial charge in [-0.3, -0.25) is 14.4 Å². The van der Waals surface area contributed by atoms with Gasteiger partial charge in [0.05, 0.1) is 0 Å². The summed E-state index contributed by atoms with van der Waals surface area (Å²) < 4.78 is 0. The summed E-state index contributed by atoms with van der Waals surface area (Å²) in [7, 11) is 0. The molecular formula is C9H15N3O3. The third kappa shape index (κ3) is 2.93. The van der Waals surface area contributed by atoms with Crippen LogP contribution in [0.2, 0.25) is 0 Å². The molecule has 0 unspecified atom stereocenters. The van der Waals surface area contributed by atoms with Gasteiger partial charge in [0.25, 0.3) is 0 Å². The minimum atomic E-state index is -0.657. The number of primary amides is 1. The van der Waals surface area contributed by atoms with Crippen LogP contribution in [0.15, 0.2) is 0 Å². The minimum Gasteiger partial charge on any atom is -0.368 e. The van der Waals surface area contributed by atoms with E-state index in [2.05, 4.69) is 10.6 Å². The van der Waals surface area contributed by atoms with Gasteiger partial charge in [-0.05, 0) is 12.8 Å². The largest absolute Gasteiger partial charge is 0.368 e. The van der Waals surface area contributed by atoms with E-state index >= 15 is 0 Å². The molecule has 1 rings (SSSR count). The topological polar surface area (TPSA) is 101 Å². The van der Waals surface area contributed by atoms with Gasteiger partial charge in [0.1, 0.15) is 12.1 Å². The zero-order valence-corrected chi connectivity index (χ0v) is 8.58. The van der Waals surface area contributed by atoms with Gasteiger partial charge in [0.15, 0.2) is 0 Å². The van der Waals surface area contributed by atoms with Crippen LogP contribution in [0.1, 0.15) is 26.2 Å². The van der Waals surface area contributed by atoms with Gasteiger partial charge >= 0.3 is 0 Å². The predicted molar refractivity (Wildman–Crippen MR) is 52.6 cm³/mol. The highest BCUT2D eigenvalue weighted by Gasteiger charge is 2.29. The Balaban J connectivity index is 2.47. The number of hydrogen-bond donors (Lipinski definition) is 3. The van der Waals surface area contributed by atoms with Crippen molar-refractivity contribution < 1.29 is 14.4 Å². The Morgan fingerprint density at radius 3 is 2.73 bits per heavy atom. The van der Waals surface area contributed by atoms with Gasteiger partial charge in [0, 0.05) is 6.42 Å². The van der Waals surface area contributed by atoms with E-state index in [1.54, 1.807) is 6.92 Å². The van der Waals surface area contributed by atoms with E-state index in [-0.39, 0.29) is 11.8 Å². The Labute approximate surface area is 87.6 Å². The molecule has 15 heavy (non-hydrogen) atoms. The fourth-order valence-corrected chi connectivity index (χ4v) is 1.46. The summed E-state index contributed by atoms with van der Waals surface area (Å²) >= 11 is 0. The average Bonchev–Trinajstić information content (AvgIpc) is 2.60. The number of carbonyl (C=O) groups is 3. The molecule has 0 bridgehead atoms. The molecule has 6 nitrogen and oxygen atoms in total. The van der Waals surface area contributed by atoms with Crippen molar-refractivity contribution in [2.24, 2.45) is 5.73 Å². The van der Waals surface area contributed by atoms with Crippen molar-refractivity contribution in [2.75, 3.05) is 0 Å². The molecular weight excluding hydrogens is 198 g/mol. The highest BCUT2D eigenvalue weighted by Crippen LogP contribution is 2.06. The second-order valence-electron chi connectivity index (χ2n) is 3.53. The van der Waals surface area contributed by atoms with Crippen molar-refractivity contribution in [2.45, 2.75) is 38.3 Å². The van der Waals surface area contributed by atoms with Crippen molar-refractivity contribution in [1.29, 1.82) is 0 Å². The standard InChI is InChI=1S/C9H15N3O3/c1-2-5(8(10)14)12-9(15)6-3-4-7(13)11-6/h5-6H,2-4H2,1H3,(H2,10,14)(H,11,13)(H,12,15)/t5-,6-/m0/s1. The second-order valence-corrected chi connectivity index (χ2v) is 3.53. The van der Waals surface area contributed by atoms with Gasteiger partial charge in [-0.1, -0.05) is 6.92 Å². The summed E-state index contributed by atoms with van der Waals surface area (Å²) in [6.45, 7) is 1.75. The summed E-state index contributed by atoms with van der Waals surface area (Å²) in [4.78, 5) is 33.3. The Hall–Kier alpha value is -1.59. The number of amides is 3. The molecule has 0 spiro atoms. The van der Waals surface area contributed by atoms with Crippen LogP contribution in [0.4, 0.5) is 0 Å². The highest BCUT2D eigenvalue weighted by molar-refractivity contribution is 5.93. The Morgan fingerprint density at radius 2 is 2.33 bits per heavy atom. The van der Waals surface area contributed by atoms with Crippen LogP contribution in [-0.4, -0.2) is 29.8 Å². The van der Waals surface area contributed by atoms with Gasteiger partial charge in [-0.25, -0.2) is 0 Å². The summed E-state index contributed by atoms with van der Waals surface area (Å²) in [6.07, 6.45) is 1.27. The quantitative estimate of drug-likeness (QED) is 0.537. The first-order chi connectivity index (χ1) is 7.04. The van der Waals surface area contributed by atoms with E-state index in [0.29, 0.717) is 19.3 Å². The molecule has 2 atom stereocenters. The number of nitrogens with two attached hydrogens (primary N) is 1. The van der Waals surface area contributed by atoms with Crippen LogP contribution in [0.5, 0.6) is 0 Å². The van der Waals surface area contributed by atoms with E-state index in [1.165, 1.54) is 0 Å². The smallest absolute Gasteiger partial charge is 0.243 e. The van der Waals surface area contributed by atoms with E-state index in [4.69, 9.17) is 5.73 Å². The number of rotatable bonds is 4. The monoisotopic (exact) mass is 213 g/mol. The average molecular weight is 213 g/mol. The van der Waals surface area contributed by atoms with Crippen LogP contribution in [0.3, 0.4) is 0 Å². The first-order valence-electron chi connectivity index (χ1n) is 4.93. The lowest BCUT2D eigenvalue weighted by atomic mass is 10.1. The van der Waals surface area contributed by atoms with E-state index in [0.717, 1.165) is 0 Å². The number of nitrogens with one attached hydrogen (secondary N) is 2. The van der Waals surface area contributed by atoms with Gasteiger partial charge in [0.2, 0.25) is 17.7 Å². The number of carbonyl (C=O) groups excluding carboxylic acids is 3. The van der Waals surface area contributed by atoms with E-state index in [9.17, 15) is 14.4 Å². The lowest BCUT2D eigenvalue weighted by Crippen LogP contribution is -2.50. The zero-order valence-electron chi connectivity index (χ0n) is 8.58. The van der Waals surface area contributed by atoms with Crippen molar-refractivity contribution in [1.82, 2.24) is 10.6 Å². The summed E-state index contributed by atoms with van der Waals surface area (Å²) in [5.41, 5.74) is 5.08. The van der Waals surface area contributed by atoms with Crippen LogP contribution in [-0.2, 0) is 14.4 Å². The molecule has 3 amide bonds. The zero-order chi connectivity index (χ0) is 11.4. The maximum absolute atomic E-state index is 11.5. The van der Waals surface area contributed by atoms with Gasteiger partial charge in [-0.2, -0.15) is 0 Å². The molecule has 6 heteroatoms. The SMILES string of the molecule is CC[C@H](NC(=O)[C@@H]1CCC(=O)N1)C(N)=O. The summed E-state index contributed by atoms with van der Waals surface area (Å²) in [5.74, 6) is -1.04. The summed E-state index contributed by atoms with van der Waals surface area (Å²) in [5, 5.41) is 5.02. The molecule has 0 saturated carbocycles. The van der Waals surface area contributed by atoms with Crippen molar-refractivity contribution in [3.63, 3.8) is 0 Å². The third-order valence-corrected chi connectivity index (χ3v) is 2.38. The molecule has 0 aromatic rings. The predicted octanol–water partition coefficient (Wildman–Crippen LogP) is -1.35. The molecule has 0 aromatic carbocycles. The molecule has 1 aliphatic rings. The molecule has 0 aromatic heterocycles. The van der Waals surface area contributed by atoms with Crippen LogP contribution >= 0.6 is 0 Å². The highest BCUT2D eigenvalue weighted by atomic mass is 16.2. The molecule has 0 radical (unpaired) electrons. The maximum Gasteiger partial charge on any atom is 0.243 e. The molecule has 84 valence electrons. The van der Waals surface area contributed by atoms with Crippen molar-refractivity contribution >= 4 is 17.7 Å². The van der Waals surface area contributed by atoms with Crippen LogP contribution in [0.25, 0.3) is 0 Å². The van der Waals surface area contributed by atoms with E-state index < -0.39 is 18.0 Å².